The molecule has 1 nitrogen and oxygen atoms in total. The van der Waals surface area contributed by atoms with Gasteiger partial charge in [-0.15, -0.1) is 0 Å². The predicted octanol–water partition coefficient (Wildman–Crippen LogP) is 4.40. The van der Waals surface area contributed by atoms with Gasteiger partial charge in [-0.3, -0.25) is 0 Å². The van der Waals surface area contributed by atoms with Gasteiger partial charge in [0, 0.05) is 18.4 Å². The van der Waals surface area contributed by atoms with Crippen molar-refractivity contribution in [3.8, 4) is 0 Å². The number of nitrogens with zero attached hydrogens (tertiary/aromatic N) is 1. The summed E-state index contributed by atoms with van der Waals surface area (Å²) in [6.07, 6.45) is 7.79. The van der Waals surface area contributed by atoms with E-state index in [1.807, 2.05) is 0 Å². The third-order valence-electron chi connectivity index (χ3n) is 3.30. The van der Waals surface area contributed by atoms with E-state index in [4.69, 9.17) is 0 Å². The summed E-state index contributed by atoms with van der Waals surface area (Å²) in [5.74, 6) is 0. The van der Waals surface area contributed by atoms with E-state index in [0.29, 0.717) is 0 Å². The first kappa shape index (κ1) is 11.8. The molecule has 19 heavy (non-hydrogen) atoms. The molecule has 0 bridgehead atoms. The lowest BCUT2D eigenvalue weighted by Gasteiger charge is -2.20. The van der Waals surface area contributed by atoms with Gasteiger partial charge in [-0.1, -0.05) is 66.7 Å². The molecule has 0 fully saturated rings. The van der Waals surface area contributed by atoms with Crippen LogP contribution in [0.5, 0.6) is 0 Å². The maximum atomic E-state index is 2.32. The minimum absolute atomic E-state index is 1.06. The molecule has 3 rings (SSSR count). The van der Waals surface area contributed by atoms with Gasteiger partial charge in [0.1, 0.15) is 0 Å². The number of benzene rings is 2. The molecule has 0 spiro atoms. The van der Waals surface area contributed by atoms with Crippen LogP contribution >= 0.6 is 0 Å². The topological polar surface area (TPSA) is 3.24 Å². The van der Waals surface area contributed by atoms with Crippen molar-refractivity contribution in [3.63, 3.8) is 0 Å². The van der Waals surface area contributed by atoms with Crippen molar-refractivity contribution in [1.29, 1.82) is 0 Å². The van der Waals surface area contributed by atoms with Crippen LogP contribution in [-0.4, -0.2) is 11.4 Å². The molecule has 0 saturated carbocycles. The lowest BCUT2D eigenvalue weighted by atomic mass is 10.1. The van der Waals surface area contributed by atoms with E-state index in [1.54, 1.807) is 0 Å². The van der Waals surface area contributed by atoms with Crippen LogP contribution in [0.25, 0.3) is 11.8 Å². The maximum absolute atomic E-state index is 2.32. The highest BCUT2D eigenvalue weighted by Gasteiger charge is 2.11. The molecule has 0 aromatic heterocycles. The largest absolute Gasteiger partial charge is 0.347 e. The summed E-state index contributed by atoms with van der Waals surface area (Å²) in [5, 5.41) is 0. The molecule has 0 saturated heterocycles. The zero-order valence-corrected chi connectivity index (χ0v) is 10.9. The Balaban J connectivity index is 2.02. The SMILES string of the molecule is C1=CN(C(=Cc2ccccc2)c2ccccc2)CC1. The summed E-state index contributed by atoms with van der Waals surface area (Å²) in [6.45, 7) is 1.06. The molecule has 1 aliphatic heterocycles. The Labute approximate surface area is 114 Å². The first-order valence-electron chi connectivity index (χ1n) is 6.69. The molecule has 1 heterocycles. The quantitative estimate of drug-likeness (QED) is 0.726. The Kier molecular flexibility index (Phi) is 3.46. The molecule has 0 radical (unpaired) electrons. The Morgan fingerprint density at radius 2 is 1.58 bits per heavy atom. The second-order valence-electron chi connectivity index (χ2n) is 4.67. The molecular formula is C18H17N. The normalized spacial score (nSPS) is 14.9. The van der Waals surface area contributed by atoms with Crippen molar-refractivity contribution in [3.05, 3.63) is 84.1 Å². The van der Waals surface area contributed by atoms with Gasteiger partial charge in [0.2, 0.25) is 0 Å². The predicted molar refractivity (Wildman–Crippen MR) is 81.2 cm³/mol. The fourth-order valence-corrected chi connectivity index (χ4v) is 2.34. The summed E-state index contributed by atoms with van der Waals surface area (Å²) >= 11 is 0. The lowest BCUT2D eigenvalue weighted by molar-refractivity contribution is 0.577. The zero-order valence-electron chi connectivity index (χ0n) is 10.9. The van der Waals surface area contributed by atoms with Crippen molar-refractivity contribution in [2.45, 2.75) is 6.42 Å². The second kappa shape index (κ2) is 5.57. The Hall–Kier alpha value is -2.28. The van der Waals surface area contributed by atoms with Crippen LogP contribution in [0.1, 0.15) is 17.5 Å². The summed E-state index contributed by atoms with van der Waals surface area (Å²) in [4.78, 5) is 2.32. The van der Waals surface area contributed by atoms with Gasteiger partial charge in [0.05, 0.1) is 0 Å². The summed E-state index contributed by atoms with van der Waals surface area (Å²) in [6, 6.07) is 21.1. The van der Waals surface area contributed by atoms with Gasteiger partial charge in [-0.05, 0) is 23.6 Å². The van der Waals surface area contributed by atoms with Crippen molar-refractivity contribution in [2.24, 2.45) is 0 Å². The van der Waals surface area contributed by atoms with Crippen LogP contribution in [0.2, 0.25) is 0 Å². The van der Waals surface area contributed by atoms with Crippen LogP contribution in [0.4, 0.5) is 0 Å². The Morgan fingerprint density at radius 3 is 2.21 bits per heavy atom. The summed E-state index contributed by atoms with van der Waals surface area (Å²) in [5.41, 5.74) is 3.76. The minimum atomic E-state index is 1.06. The van der Waals surface area contributed by atoms with E-state index < -0.39 is 0 Å². The zero-order chi connectivity index (χ0) is 12.9. The smallest absolute Gasteiger partial charge is 0.0485 e. The molecule has 0 aliphatic carbocycles. The highest BCUT2D eigenvalue weighted by Crippen LogP contribution is 2.25. The number of rotatable bonds is 3. The first-order chi connectivity index (χ1) is 9.43. The summed E-state index contributed by atoms with van der Waals surface area (Å²) < 4.78 is 0. The van der Waals surface area contributed by atoms with Crippen LogP contribution in [0, 0.1) is 0 Å². The van der Waals surface area contributed by atoms with Crippen molar-refractivity contribution < 1.29 is 0 Å². The van der Waals surface area contributed by atoms with Gasteiger partial charge in [-0.2, -0.15) is 0 Å². The highest BCUT2D eigenvalue weighted by molar-refractivity contribution is 5.81. The average Bonchev–Trinajstić information content (AvgIpc) is 3.01. The average molecular weight is 247 g/mol. The van der Waals surface area contributed by atoms with E-state index in [0.717, 1.165) is 13.0 Å². The standard InChI is InChI=1S/C18H17N/c1-3-9-16(10-4-1)15-18(19-13-7-8-14-19)17-11-5-2-6-12-17/h1-7,9-13,15H,8,14H2. The fourth-order valence-electron chi connectivity index (χ4n) is 2.34. The van der Waals surface area contributed by atoms with Crippen LogP contribution in [0.3, 0.4) is 0 Å². The molecule has 0 amide bonds. The first-order valence-corrected chi connectivity index (χ1v) is 6.69. The van der Waals surface area contributed by atoms with Crippen LogP contribution in [-0.2, 0) is 0 Å². The Morgan fingerprint density at radius 1 is 0.895 bits per heavy atom. The number of hydrogen-bond acceptors (Lipinski definition) is 1. The molecule has 94 valence electrons. The van der Waals surface area contributed by atoms with Gasteiger partial charge in [0.25, 0.3) is 0 Å². The van der Waals surface area contributed by atoms with Gasteiger partial charge in [-0.25, -0.2) is 0 Å². The van der Waals surface area contributed by atoms with Gasteiger partial charge in [0.15, 0.2) is 0 Å². The summed E-state index contributed by atoms with van der Waals surface area (Å²) in [7, 11) is 0. The molecule has 2 aromatic carbocycles. The molecule has 0 N–H and O–H groups in total. The van der Waals surface area contributed by atoms with Gasteiger partial charge < -0.3 is 4.90 Å². The molecule has 1 aliphatic rings. The highest BCUT2D eigenvalue weighted by atomic mass is 15.1. The third-order valence-corrected chi connectivity index (χ3v) is 3.30. The van der Waals surface area contributed by atoms with E-state index in [9.17, 15) is 0 Å². The molecule has 0 unspecified atom stereocenters. The van der Waals surface area contributed by atoms with Crippen molar-refractivity contribution >= 4 is 11.8 Å². The maximum Gasteiger partial charge on any atom is 0.0485 e. The molecule has 0 atom stereocenters. The minimum Gasteiger partial charge on any atom is -0.347 e. The van der Waals surface area contributed by atoms with Crippen LogP contribution < -0.4 is 0 Å². The molecule has 2 aromatic rings. The monoisotopic (exact) mass is 247 g/mol. The van der Waals surface area contributed by atoms with Crippen LogP contribution in [0.15, 0.2) is 72.9 Å². The molecule has 1 heteroatoms. The fraction of sp³-hybridized carbons (Fsp3) is 0.111. The van der Waals surface area contributed by atoms with E-state index in [2.05, 4.69) is 83.9 Å². The third kappa shape index (κ3) is 2.76. The van der Waals surface area contributed by atoms with Gasteiger partial charge >= 0.3 is 0 Å². The number of hydrogen-bond donors (Lipinski definition) is 0. The van der Waals surface area contributed by atoms with Crippen molar-refractivity contribution in [2.75, 3.05) is 6.54 Å². The lowest BCUT2D eigenvalue weighted by Crippen LogP contribution is -2.12. The molecular weight excluding hydrogens is 230 g/mol. The van der Waals surface area contributed by atoms with E-state index >= 15 is 0 Å². The Bertz CT molecular complexity index is 582. The van der Waals surface area contributed by atoms with Crippen molar-refractivity contribution in [1.82, 2.24) is 4.90 Å². The second-order valence-corrected chi connectivity index (χ2v) is 4.67. The van der Waals surface area contributed by atoms with E-state index in [1.165, 1.54) is 16.8 Å². The van der Waals surface area contributed by atoms with E-state index in [-0.39, 0.29) is 0 Å².